The summed E-state index contributed by atoms with van der Waals surface area (Å²) in [4.78, 5) is 13.4. The Labute approximate surface area is 144 Å². The number of hydrogen-bond acceptors (Lipinski definition) is 3. The molecule has 0 aliphatic carbocycles. The van der Waals surface area contributed by atoms with Crippen LogP contribution in [0.1, 0.15) is 27.2 Å². The van der Waals surface area contributed by atoms with E-state index in [1.165, 1.54) is 4.90 Å². The quantitative estimate of drug-likeness (QED) is 0.678. The highest BCUT2D eigenvalue weighted by atomic mass is 127. The van der Waals surface area contributed by atoms with Crippen LogP contribution < -0.4 is 4.74 Å². The predicted molar refractivity (Wildman–Crippen MR) is 90.9 cm³/mol. The number of nitrogens with zero attached hydrogens (tertiary/aromatic N) is 1. The van der Waals surface area contributed by atoms with Gasteiger partial charge in [-0.2, -0.15) is 0 Å². The lowest BCUT2D eigenvalue weighted by molar-refractivity contribution is -0.0105. The van der Waals surface area contributed by atoms with Gasteiger partial charge in [-0.05, 0) is 67.6 Å². The summed E-state index contributed by atoms with van der Waals surface area (Å²) in [5.74, 6) is 0.652. The number of carbonyl (C=O) groups is 1. The minimum absolute atomic E-state index is 0.00392. The molecule has 1 aliphatic heterocycles. The summed E-state index contributed by atoms with van der Waals surface area (Å²) in [6, 6.07) is 7.49. The molecule has 1 aromatic rings. The molecule has 1 fully saturated rings. The van der Waals surface area contributed by atoms with Crippen LogP contribution in [0.3, 0.4) is 0 Å². The number of rotatable bonds is 2. The highest BCUT2D eigenvalue weighted by Gasteiger charge is 2.34. The SMILES string of the molecule is CC(C)(C)OC(=O)N1CCC(Oc2ccc(I)cc2)C(F)C1. The molecule has 1 saturated heterocycles. The van der Waals surface area contributed by atoms with Crippen LogP contribution in [0, 0.1) is 3.57 Å². The lowest BCUT2D eigenvalue weighted by Gasteiger charge is -2.35. The van der Waals surface area contributed by atoms with E-state index >= 15 is 0 Å². The van der Waals surface area contributed by atoms with Crippen molar-refractivity contribution in [2.45, 2.75) is 45.1 Å². The van der Waals surface area contributed by atoms with Crippen molar-refractivity contribution in [1.82, 2.24) is 4.90 Å². The van der Waals surface area contributed by atoms with Crippen LogP contribution in [0.5, 0.6) is 5.75 Å². The molecule has 2 atom stereocenters. The van der Waals surface area contributed by atoms with Crippen LogP contribution in [-0.2, 0) is 4.74 Å². The van der Waals surface area contributed by atoms with Crippen LogP contribution in [0.15, 0.2) is 24.3 Å². The van der Waals surface area contributed by atoms with Crippen molar-refractivity contribution in [3.8, 4) is 5.75 Å². The van der Waals surface area contributed by atoms with E-state index in [0.29, 0.717) is 18.7 Å². The summed E-state index contributed by atoms with van der Waals surface area (Å²) in [6.07, 6.45) is -1.77. The zero-order valence-electron chi connectivity index (χ0n) is 13.0. The molecule has 0 spiro atoms. The van der Waals surface area contributed by atoms with E-state index in [9.17, 15) is 9.18 Å². The second-order valence-corrected chi connectivity index (χ2v) is 7.59. The third-order valence-electron chi connectivity index (χ3n) is 3.23. The van der Waals surface area contributed by atoms with Crippen LogP contribution in [0.25, 0.3) is 0 Å². The minimum atomic E-state index is -1.22. The number of likely N-dealkylation sites (tertiary alicyclic amines) is 1. The molecule has 0 saturated carbocycles. The Bertz CT molecular complexity index is 515. The molecule has 1 heterocycles. The zero-order valence-corrected chi connectivity index (χ0v) is 15.2. The third kappa shape index (κ3) is 5.00. The molecular weight excluding hydrogens is 400 g/mol. The Kier molecular flexibility index (Phi) is 5.52. The lowest BCUT2D eigenvalue weighted by Crippen LogP contribution is -2.50. The molecule has 2 rings (SSSR count). The van der Waals surface area contributed by atoms with E-state index < -0.39 is 24.0 Å². The maximum Gasteiger partial charge on any atom is 0.410 e. The highest BCUT2D eigenvalue weighted by Crippen LogP contribution is 2.23. The number of carbonyl (C=O) groups excluding carboxylic acids is 1. The lowest BCUT2D eigenvalue weighted by atomic mass is 10.1. The molecule has 1 aliphatic rings. The third-order valence-corrected chi connectivity index (χ3v) is 3.95. The molecule has 1 amide bonds. The number of alkyl halides is 1. The Hall–Kier alpha value is -1.05. The second-order valence-electron chi connectivity index (χ2n) is 6.34. The molecule has 0 N–H and O–H groups in total. The van der Waals surface area contributed by atoms with Gasteiger partial charge in [0.15, 0.2) is 6.17 Å². The topological polar surface area (TPSA) is 38.8 Å². The number of amides is 1. The van der Waals surface area contributed by atoms with Crippen molar-refractivity contribution in [3.05, 3.63) is 27.8 Å². The fourth-order valence-corrected chi connectivity index (χ4v) is 2.56. The second kappa shape index (κ2) is 7.02. The Morgan fingerprint density at radius 1 is 1.32 bits per heavy atom. The van der Waals surface area contributed by atoms with Crippen molar-refractivity contribution >= 4 is 28.7 Å². The predicted octanol–water partition coefficient (Wildman–Crippen LogP) is 4.02. The maximum absolute atomic E-state index is 14.3. The van der Waals surface area contributed by atoms with E-state index in [1.807, 2.05) is 24.3 Å². The maximum atomic E-state index is 14.3. The Morgan fingerprint density at radius 3 is 2.50 bits per heavy atom. The van der Waals surface area contributed by atoms with Crippen molar-refractivity contribution in [2.75, 3.05) is 13.1 Å². The number of halogens is 2. The van der Waals surface area contributed by atoms with Crippen LogP contribution in [0.4, 0.5) is 9.18 Å². The number of ether oxygens (including phenoxy) is 2. The van der Waals surface area contributed by atoms with Crippen LogP contribution in [-0.4, -0.2) is 42.0 Å². The number of hydrogen-bond donors (Lipinski definition) is 0. The first-order valence-corrected chi connectivity index (χ1v) is 8.37. The molecule has 122 valence electrons. The van der Waals surface area contributed by atoms with Crippen LogP contribution >= 0.6 is 22.6 Å². The van der Waals surface area contributed by atoms with Crippen molar-refractivity contribution < 1.29 is 18.7 Å². The molecule has 0 bridgehead atoms. The Balaban J connectivity index is 1.90. The number of benzene rings is 1. The molecule has 2 unspecified atom stereocenters. The first-order valence-electron chi connectivity index (χ1n) is 7.29. The summed E-state index contributed by atoms with van der Waals surface area (Å²) in [7, 11) is 0. The molecule has 0 aromatic heterocycles. The minimum Gasteiger partial charge on any atom is -0.487 e. The largest absolute Gasteiger partial charge is 0.487 e. The van der Waals surface area contributed by atoms with E-state index in [0.717, 1.165) is 3.57 Å². The summed E-state index contributed by atoms with van der Waals surface area (Å²) < 4.78 is 26.3. The fourth-order valence-electron chi connectivity index (χ4n) is 2.20. The first-order chi connectivity index (χ1) is 10.2. The van der Waals surface area contributed by atoms with Crippen LogP contribution in [0.2, 0.25) is 0 Å². The summed E-state index contributed by atoms with van der Waals surface area (Å²) >= 11 is 2.20. The van der Waals surface area contributed by atoms with E-state index in [1.54, 1.807) is 20.8 Å². The smallest absolute Gasteiger partial charge is 0.410 e. The van der Waals surface area contributed by atoms with Gasteiger partial charge in [-0.25, -0.2) is 9.18 Å². The first kappa shape index (κ1) is 17.3. The monoisotopic (exact) mass is 421 g/mol. The summed E-state index contributed by atoms with van der Waals surface area (Å²) in [5, 5.41) is 0. The summed E-state index contributed by atoms with van der Waals surface area (Å²) in [5.41, 5.74) is -0.572. The van der Waals surface area contributed by atoms with Gasteiger partial charge in [-0.3, -0.25) is 0 Å². The van der Waals surface area contributed by atoms with Gasteiger partial charge in [0.05, 0.1) is 6.54 Å². The van der Waals surface area contributed by atoms with E-state index in [-0.39, 0.29) is 6.54 Å². The van der Waals surface area contributed by atoms with Gasteiger partial charge in [-0.15, -0.1) is 0 Å². The highest BCUT2D eigenvalue weighted by molar-refractivity contribution is 14.1. The standard InChI is InChI=1S/C16H21FINO3/c1-16(2,3)22-15(20)19-9-8-14(13(17)10-19)21-12-6-4-11(18)5-7-12/h4-7,13-14H,8-10H2,1-3H3. The molecule has 0 radical (unpaired) electrons. The molecule has 4 nitrogen and oxygen atoms in total. The molecule has 1 aromatic carbocycles. The zero-order chi connectivity index (χ0) is 16.3. The van der Waals surface area contributed by atoms with Crippen molar-refractivity contribution in [2.24, 2.45) is 0 Å². The normalized spacial score (nSPS) is 22.3. The molecule has 22 heavy (non-hydrogen) atoms. The summed E-state index contributed by atoms with van der Waals surface area (Å²) in [6.45, 7) is 5.83. The van der Waals surface area contributed by atoms with Crippen molar-refractivity contribution in [1.29, 1.82) is 0 Å². The molecular formula is C16H21FINO3. The van der Waals surface area contributed by atoms with Gasteiger partial charge >= 0.3 is 6.09 Å². The Morgan fingerprint density at radius 2 is 1.95 bits per heavy atom. The van der Waals surface area contributed by atoms with Gasteiger partial charge < -0.3 is 14.4 Å². The fraction of sp³-hybridized carbons (Fsp3) is 0.562. The average molecular weight is 421 g/mol. The van der Waals surface area contributed by atoms with Gasteiger partial charge in [0.25, 0.3) is 0 Å². The van der Waals surface area contributed by atoms with E-state index in [2.05, 4.69) is 22.6 Å². The van der Waals surface area contributed by atoms with Gasteiger partial charge in [0.2, 0.25) is 0 Å². The molecule has 6 heteroatoms. The van der Waals surface area contributed by atoms with Gasteiger partial charge in [-0.1, -0.05) is 0 Å². The van der Waals surface area contributed by atoms with Gasteiger partial charge in [0.1, 0.15) is 17.5 Å². The number of piperidine rings is 1. The average Bonchev–Trinajstić information content (AvgIpc) is 2.41. The van der Waals surface area contributed by atoms with Gasteiger partial charge in [0, 0.05) is 16.5 Å². The van der Waals surface area contributed by atoms with E-state index in [4.69, 9.17) is 9.47 Å². The van der Waals surface area contributed by atoms with Crippen molar-refractivity contribution in [3.63, 3.8) is 0 Å².